The van der Waals surface area contributed by atoms with Gasteiger partial charge in [-0.1, -0.05) is 94.5 Å². The molecule has 7 heterocycles. The third-order valence-electron chi connectivity index (χ3n) is 20.1. The molecule has 7 rings (SSSR count). The first kappa shape index (κ1) is 61.0. The Balaban J connectivity index is 1.20. The van der Waals surface area contributed by atoms with Crippen LogP contribution in [0.15, 0.2) is 36.5 Å². The van der Waals surface area contributed by atoms with Gasteiger partial charge in [0.25, 0.3) is 0 Å². The molecule has 7 aliphatic rings. The van der Waals surface area contributed by atoms with Crippen molar-refractivity contribution < 1.29 is 56.3 Å². The van der Waals surface area contributed by atoms with Gasteiger partial charge in [0.2, 0.25) is 0 Å². The molecule has 12 unspecified atom stereocenters. The highest BCUT2D eigenvalue weighted by Gasteiger charge is 2.59. The molecule has 0 amide bonds. The molecule has 12 nitrogen and oxygen atoms in total. The van der Waals surface area contributed by atoms with Crippen molar-refractivity contribution in [2.45, 2.75) is 305 Å². The molecule has 18 atom stereocenters. The van der Waals surface area contributed by atoms with Crippen molar-refractivity contribution in [2.24, 2.45) is 11.8 Å². The van der Waals surface area contributed by atoms with E-state index in [9.17, 15) is 5.11 Å². The van der Waals surface area contributed by atoms with Crippen LogP contribution in [0.5, 0.6) is 0 Å². The first-order valence-electron chi connectivity index (χ1n) is 30.3. The quantitative estimate of drug-likeness (QED) is 0.0979. The van der Waals surface area contributed by atoms with Gasteiger partial charge in [0.15, 0.2) is 30.7 Å². The maximum absolute atomic E-state index is 12.2. The van der Waals surface area contributed by atoms with Crippen LogP contribution in [0.1, 0.15) is 153 Å². The number of hydrogen-bond donors (Lipinski definition) is 1. The van der Waals surface area contributed by atoms with Gasteiger partial charge in [-0.25, -0.2) is 0 Å². The maximum atomic E-state index is 12.2. The molecule has 6 saturated heterocycles. The average molecular weight is 1090 g/mol. The molecule has 0 spiro atoms. The predicted molar refractivity (Wildman–Crippen MR) is 302 cm³/mol. The van der Waals surface area contributed by atoms with Gasteiger partial charge in [-0.05, 0) is 130 Å². The molecule has 6 fully saturated rings. The normalized spacial score (nSPS) is 39.6. The fourth-order valence-corrected chi connectivity index (χ4v) is 22.8. The second kappa shape index (κ2) is 27.2. The van der Waals surface area contributed by atoms with Crippen LogP contribution in [0.4, 0.5) is 0 Å². The standard InChI is InChI=1S/C59H106O12Si3/c1-15-72(16-2,17-3)63-39-47(70-73(18-4,19-5)20-6)37-53-55(61-14)48-36-44(60)26-24-25-27-50-56(71-74(21-7,22-8)23-9)58-57-54(67-50)43(13)68-59(69-58,32-33-62-57)31-30-46-35-41(11)49(64-46)29-28-45-34-40(10)42(12)51(65-45)38-52(48)66-53/h24-25,40,43-58,60H,11-12,15-23,26-39H2,1-10,13-14H3/b25-24+/t40?,43?,44?,45?,46?,47?,48?,49-,50?,51?,52?,53+,54-,55+,56?,57?,58-,59-/m0/s1. The Kier molecular flexibility index (Phi) is 22.5. The monoisotopic (exact) mass is 1090 g/mol. The fourth-order valence-electron chi connectivity index (χ4n) is 14.4. The van der Waals surface area contributed by atoms with Gasteiger partial charge in [-0.15, -0.1) is 0 Å². The fraction of sp³-hybridized carbons (Fsp3) is 0.898. The molecule has 7 aliphatic heterocycles. The molecule has 1 N–H and O–H groups in total. The number of ether oxygens (including phenoxy) is 8. The van der Waals surface area contributed by atoms with Crippen molar-refractivity contribution in [3.63, 3.8) is 0 Å². The first-order valence-corrected chi connectivity index (χ1v) is 37.9. The van der Waals surface area contributed by atoms with E-state index < -0.39 is 36.8 Å². The molecule has 15 heteroatoms. The van der Waals surface area contributed by atoms with E-state index in [1.807, 2.05) is 7.11 Å². The van der Waals surface area contributed by atoms with Crippen LogP contribution in [0.3, 0.4) is 0 Å². The molecular formula is C59H106O12Si3. The minimum Gasteiger partial charge on any atom is -0.414 e. The zero-order chi connectivity index (χ0) is 53.4. The number of aliphatic hydroxyl groups is 1. The van der Waals surface area contributed by atoms with E-state index in [2.05, 4.69) is 101 Å². The molecule has 0 saturated carbocycles. The van der Waals surface area contributed by atoms with Crippen LogP contribution >= 0.6 is 0 Å². The minimum atomic E-state index is -2.14. The third-order valence-corrected chi connectivity index (χ3v) is 34.1. The summed E-state index contributed by atoms with van der Waals surface area (Å²) in [4.78, 5) is 0. The van der Waals surface area contributed by atoms with E-state index in [1.54, 1.807) is 0 Å². The SMILES string of the molecule is C=C1C(C)CC2CC[C@@H]3OC(CC[C@@]45CCOC6[C@@H](OC(C/C=C/CC(O)CC7C(CC1O2)O[C@H](CC(CO[Si](CC)(CC)CC)O[Si](CC)(CC)CC)[C@@H]7OC)C(O[Si](CC)(CC)CC)[C@@H]6O4)C(C)O5)CC3=C. The molecule has 0 aromatic rings. The summed E-state index contributed by atoms with van der Waals surface area (Å²) in [5.41, 5.74) is 2.28. The predicted octanol–water partition coefficient (Wildman–Crippen LogP) is 12.7. The summed E-state index contributed by atoms with van der Waals surface area (Å²) in [6.45, 7) is 35.4. The summed E-state index contributed by atoms with van der Waals surface area (Å²) in [7, 11) is -4.24. The van der Waals surface area contributed by atoms with Crippen molar-refractivity contribution in [1.82, 2.24) is 0 Å². The number of hydrogen-bond acceptors (Lipinski definition) is 12. The second-order valence-corrected chi connectivity index (χ2v) is 38.2. The lowest BCUT2D eigenvalue weighted by molar-refractivity contribution is -0.275. The minimum absolute atomic E-state index is 0.0297. The summed E-state index contributed by atoms with van der Waals surface area (Å²) in [6.07, 6.45) is 9.61. The number of aliphatic hydroxyl groups excluding tert-OH is 1. The topological polar surface area (TPSA) is 122 Å². The van der Waals surface area contributed by atoms with Gasteiger partial charge in [0.05, 0.1) is 80.4 Å². The molecule has 0 radical (unpaired) electrons. The molecular weight excluding hydrogens is 985 g/mol. The molecule has 74 heavy (non-hydrogen) atoms. The molecule has 0 aromatic carbocycles. The Morgan fingerprint density at radius 1 is 0.676 bits per heavy atom. The Morgan fingerprint density at radius 3 is 2.00 bits per heavy atom. The Morgan fingerprint density at radius 2 is 1.34 bits per heavy atom. The van der Waals surface area contributed by atoms with E-state index in [0.717, 1.165) is 97.6 Å². The summed E-state index contributed by atoms with van der Waals surface area (Å²) < 4.78 is 78.2. The zero-order valence-corrected chi connectivity index (χ0v) is 51.6. The van der Waals surface area contributed by atoms with Crippen molar-refractivity contribution in [3.8, 4) is 0 Å². The van der Waals surface area contributed by atoms with Crippen molar-refractivity contribution in [2.75, 3.05) is 20.3 Å². The third kappa shape index (κ3) is 13.9. The first-order chi connectivity index (χ1) is 35.5. The van der Waals surface area contributed by atoms with E-state index in [-0.39, 0.29) is 91.4 Å². The number of rotatable bonds is 19. The highest BCUT2D eigenvalue weighted by atomic mass is 28.4. The lowest BCUT2D eigenvalue weighted by Gasteiger charge is -2.48. The van der Waals surface area contributed by atoms with Crippen molar-refractivity contribution >= 4 is 25.0 Å². The number of fused-ring (bicyclic) bond motifs is 6. The Hall–Kier alpha value is -0.609. The summed E-state index contributed by atoms with van der Waals surface area (Å²) >= 11 is 0. The number of methoxy groups -OCH3 is 1. The molecule has 0 aromatic heterocycles. The summed E-state index contributed by atoms with van der Waals surface area (Å²) in [5, 5.41) is 12.2. The van der Waals surface area contributed by atoms with Gasteiger partial charge in [0.1, 0.15) is 24.4 Å². The second-order valence-electron chi connectivity index (χ2n) is 24.0. The van der Waals surface area contributed by atoms with Gasteiger partial charge in [-0.2, -0.15) is 0 Å². The van der Waals surface area contributed by atoms with E-state index in [1.165, 1.54) is 0 Å². The van der Waals surface area contributed by atoms with Crippen molar-refractivity contribution in [3.05, 3.63) is 36.5 Å². The molecule has 426 valence electrons. The lowest BCUT2D eigenvalue weighted by Crippen LogP contribution is -2.63. The Labute approximate surface area is 452 Å². The van der Waals surface area contributed by atoms with Gasteiger partial charge in [0, 0.05) is 38.7 Å². The highest BCUT2D eigenvalue weighted by molar-refractivity contribution is 6.74. The van der Waals surface area contributed by atoms with Crippen molar-refractivity contribution in [1.29, 1.82) is 0 Å². The summed E-state index contributed by atoms with van der Waals surface area (Å²) in [5.74, 6) is -0.626. The average Bonchev–Trinajstić information content (AvgIpc) is 3.82. The maximum Gasteiger partial charge on any atom is 0.192 e. The van der Waals surface area contributed by atoms with Gasteiger partial charge >= 0.3 is 0 Å². The molecule has 9 bridgehead atoms. The lowest BCUT2D eigenvalue weighted by atomic mass is 9.81. The van der Waals surface area contributed by atoms with Gasteiger partial charge in [-0.3, -0.25) is 0 Å². The van der Waals surface area contributed by atoms with Crippen LogP contribution in [0.25, 0.3) is 0 Å². The van der Waals surface area contributed by atoms with E-state index in [0.29, 0.717) is 64.1 Å². The van der Waals surface area contributed by atoms with Crippen LogP contribution < -0.4 is 0 Å². The smallest absolute Gasteiger partial charge is 0.192 e. The highest BCUT2D eigenvalue weighted by Crippen LogP contribution is 2.47. The van der Waals surface area contributed by atoms with Crippen LogP contribution in [0.2, 0.25) is 54.4 Å². The van der Waals surface area contributed by atoms with Gasteiger partial charge < -0.3 is 56.3 Å². The van der Waals surface area contributed by atoms with E-state index in [4.69, 9.17) is 51.2 Å². The molecule has 0 aliphatic carbocycles. The zero-order valence-electron chi connectivity index (χ0n) is 48.6. The van der Waals surface area contributed by atoms with Crippen LogP contribution in [0, 0.1) is 11.8 Å². The Bertz CT molecular complexity index is 1770. The summed E-state index contributed by atoms with van der Waals surface area (Å²) in [6, 6.07) is 9.54. The largest absolute Gasteiger partial charge is 0.414 e. The van der Waals surface area contributed by atoms with E-state index >= 15 is 0 Å². The van der Waals surface area contributed by atoms with Crippen LogP contribution in [-0.4, -0.2) is 148 Å². The van der Waals surface area contributed by atoms with Crippen LogP contribution in [-0.2, 0) is 51.2 Å².